The van der Waals surface area contributed by atoms with Gasteiger partial charge in [-0.3, -0.25) is 4.79 Å². The standard InChI is InChI=1S/C12H9ClOS2/c13-10-5-3-9(4-6-10)11(14)8-16-12-2-1-7-15-12/h1-7H,8H2. The van der Waals surface area contributed by atoms with Crippen LogP contribution < -0.4 is 0 Å². The van der Waals surface area contributed by atoms with Gasteiger partial charge in [-0.15, -0.1) is 23.1 Å². The summed E-state index contributed by atoms with van der Waals surface area (Å²) >= 11 is 8.98. The summed E-state index contributed by atoms with van der Waals surface area (Å²) in [6, 6.07) is 11.0. The van der Waals surface area contributed by atoms with Gasteiger partial charge < -0.3 is 0 Å². The molecule has 2 aromatic rings. The van der Waals surface area contributed by atoms with E-state index in [1.165, 1.54) is 4.21 Å². The molecule has 0 aliphatic carbocycles. The number of hydrogen-bond donors (Lipinski definition) is 0. The molecule has 4 heteroatoms. The third-order valence-electron chi connectivity index (χ3n) is 2.01. The van der Waals surface area contributed by atoms with E-state index < -0.39 is 0 Å². The fourth-order valence-electron chi connectivity index (χ4n) is 1.20. The fraction of sp³-hybridized carbons (Fsp3) is 0.0833. The molecule has 0 aliphatic heterocycles. The fourth-order valence-corrected chi connectivity index (χ4v) is 3.01. The number of carbonyl (C=O) groups excluding carboxylic acids is 1. The lowest BCUT2D eigenvalue weighted by atomic mass is 10.1. The summed E-state index contributed by atoms with van der Waals surface area (Å²) in [5.74, 6) is 0.609. The highest BCUT2D eigenvalue weighted by atomic mass is 35.5. The van der Waals surface area contributed by atoms with Gasteiger partial charge in [0.25, 0.3) is 0 Å². The van der Waals surface area contributed by atoms with Crippen LogP contribution >= 0.6 is 34.7 Å². The van der Waals surface area contributed by atoms with E-state index in [1.54, 1.807) is 47.4 Å². The van der Waals surface area contributed by atoms with Crippen LogP contribution in [0.3, 0.4) is 0 Å². The highest BCUT2D eigenvalue weighted by Gasteiger charge is 2.06. The van der Waals surface area contributed by atoms with Crippen molar-refractivity contribution in [2.75, 3.05) is 5.75 Å². The number of halogens is 1. The highest BCUT2D eigenvalue weighted by molar-refractivity contribution is 8.01. The van der Waals surface area contributed by atoms with Crippen molar-refractivity contribution in [3.8, 4) is 0 Å². The van der Waals surface area contributed by atoms with Crippen molar-refractivity contribution >= 4 is 40.5 Å². The molecule has 0 aliphatic rings. The Morgan fingerprint density at radius 2 is 2.00 bits per heavy atom. The van der Waals surface area contributed by atoms with Crippen molar-refractivity contribution in [3.63, 3.8) is 0 Å². The van der Waals surface area contributed by atoms with E-state index >= 15 is 0 Å². The summed E-state index contributed by atoms with van der Waals surface area (Å²) in [4.78, 5) is 11.8. The summed E-state index contributed by atoms with van der Waals surface area (Å²) in [7, 11) is 0. The summed E-state index contributed by atoms with van der Waals surface area (Å²) in [6.45, 7) is 0. The van der Waals surface area contributed by atoms with Gasteiger partial charge in [0.1, 0.15) is 0 Å². The van der Waals surface area contributed by atoms with Crippen LogP contribution in [0.15, 0.2) is 46.0 Å². The second-order valence-electron chi connectivity index (χ2n) is 3.15. The van der Waals surface area contributed by atoms with Crippen LogP contribution in [-0.2, 0) is 0 Å². The molecule has 1 aromatic carbocycles. The molecule has 0 saturated heterocycles. The number of ketones is 1. The molecule has 2 rings (SSSR count). The maximum atomic E-state index is 11.8. The van der Waals surface area contributed by atoms with Gasteiger partial charge in [0, 0.05) is 10.6 Å². The van der Waals surface area contributed by atoms with E-state index in [4.69, 9.17) is 11.6 Å². The number of Topliss-reactive ketones (excluding diaryl/α,β-unsaturated/α-hetero) is 1. The normalized spacial score (nSPS) is 10.3. The molecule has 0 atom stereocenters. The van der Waals surface area contributed by atoms with Crippen molar-refractivity contribution in [3.05, 3.63) is 52.4 Å². The predicted molar refractivity (Wildman–Crippen MR) is 70.8 cm³/mol. The van der Waals surface area contributed by atoms with Gasteiger partial charge in [-0.2, -0.15) is 0 Å². The van der Waals surface area contributed by atoms with Gasteiger partial charge in [0.15, 0.2) is 5.78 Å². The molecule has 1 aromatic heterocycles. The zero-order valence-electron chi connectivity index (χ0n) is 8.35. The number of rotatable bonds is 4. The number of thiophene rings is 1. The topological polar surface area (TPSA) is 17.1 Å². The first-order valence-electron chi connectivity index (χ1n) is 4.71. The van der Waals surface area contributed by atoms with Crippen LogP contribution in [0.1, 0.15) is 10.4 Å². The summed E-state index contributed by atoms with van der Waals surface area (Å²) in [6.07, 6.45) is 0. The van der Waals surface area contributed by atoms with E-state index in [-0.39, 0.29) is 5.78 Å². The quantitative estimate of drug-likeness (QED) is 0.605. The van der Waals surface area contributed by atoms with Crippen LogP contribution in [0.25, 0.3) is 0 Å². The Labute approximate surface area is 107 Å². The van der Waals surface area contributed by atoms with Crippen molar-refractivity contribution in [2.45, 2.75) is 4.21 Å². The van der Waals surface area contributed by atoms with Gasteiger partial charge in [0.05, 0.1) is 9.96 Å². The van der Waals surface area contributed by atoms with E-state index in [1.807, 2.05) is 17.5 Å². The van der Waals surface area contributed by atoms with E-state index in [0.717, 1.165) is 0 Å². The molecule has 0 unspecified atom stereocenters. The average molecular weight is 269 g/mol. The molecule has 0 amide bonds. The second-order valence-corrected chi connectivity index (χ2v) is 5.81. The lowest BCUT2D eigenvalue weighted by Gasteiger charge is -1.99. The van der Waals surface area contributed by atoms with Crippen molar-refractivity contribution in [1.82, 2.24) is 0 Å². The maximum absolute atomic E-state index is 11.8. The Morgan fingerprint density at radius 3 is 2.62 bits per heavy atom. The molecule has 1 heterocycles. The summed E-state index contributed by atoms with van der Waals surface area (Å²) in [5.41, 5.74) is 0.716. The zero-order chi connectivity index (χ0) is 11.4. The largest absolute Gasteiger partial charge is 0.293 e. The van der Waals surface area contributed by atoms with Gasteiger partial charge in [-0.25, -0.2) is 0 Å². The number of thioether (sulfide) groups is 1. The Bertz CT molecular complexity index is 462. The van der Waals surface area contributed by atoms with Gasteiger partial charge >= 0.3 is 0 Å². The Kier molecular flexibility index (Phi) is 4.04. The predicted octanol–water partition coefficient (Wildman–Crippen LogP) is 4.38. The van der Waals surface area contributed by atoms with Gasteiger partial charge in [0.2, 0.25) is 0 Å². The molecule has 0 radical (unpaired) electrons. The minimum atomic E-state index is 0.134. The Hall–Kier alpha value is -0.770. The second kappa shape index (κ2) is 5.53. The monoisotopic (exact) mass is 268 g/mol. The van der Waals surface area contributed by atoms with Crippen LogP contribution in [-0.4, -0.2) is 11.5 Å². The van der Waals surface area contributed by atoms with Crippen molar-refractivity contribution in [1.29, 1.82) is 0 Å². The van der Waals surface area contributed by atoms with E-state index in [2.05, 4.69) is 0 Å². The van der Waals surface area contributed by atoms with Gasteiger partial charge in [-0.05, 0) is 35.7 Å². The first-order valence-corrected chi connectivity index (χ1v) is 6.95. The van der Waals surface area contributed by atoms with Crippen LogP contribution in [0.2, 0.25) is 5.02 Å². The molecule has 0 spiro atoms. The van der Waals surface area contributed by atoms with Crippen molar-refractivity contribution < 1.29 is 4.79 Å². The maximum Gasteiger partial charge on any atom is 0.173 e. The summed E-state index contributed by atoms with van der Waals surface area (Å²) in [5, 5.41) is 2.66. The Balaban J connectivity index is 1.95. The molecular weight excluding hydrogens is 260 g/mol. The lowest BCUT2D eigenvalue weighted by Crippen LogP contribution is -2.01. The van der Waals surface area contributed by atoms with Crippen LogP contribution in [0.5, 0.6) is 0 Å². The zero-order valence-corrected chi connectivity index (χ0v) is 10.7. The molecular formula is C12H9ClOS2. The minimum absolute atomic E-state index is 0.134. The summed E-state index contributed by atoms with van der Waals surface area (Å²) < 4.78 is 1.17. The van der Waals surface area contributed by atoms with Crippen LogP contribution in [0, 0.1) is 0 Å². The highest BCUT2D eigenvalue weighted by Crippen LogP contribution is 2.24. The molecule has 0 N–H and O–H groups in total. The number of hydrogen-bond acceptors (Lipinski definition) is 3. The number of benzene rings is 1. The van der Waals surface area contributed by atoms with Crippen LogP contribution in [0.4, 0.5) is 0 Å². The molecule has 0 bridgehead atoms. The van der Waals surface area contributed by atoms with Gasteiger partial charge in [-0.1, -0.05) is 17.7 Å². The SMILES string of the molecule is O=C(CSc1cccs1)c1ccc(Cl)cc1. The van der Waals surface area contributed by atoms with E-state index in [9.17, 15) is 4.79 Å². The van der Waals surface area contributed by atoms with Crippen molar-refractivity contribution in [2.24, 2.45) is 0 Å². The molecule has 0 fully saturated rings. The third kappa shape index (κ3) is 3.11. The first-order chi connectivity index (χ1) is 7.75. The number of carbonyl (C=O) groups is 1. The third-order valence-corrected chi connectivity index (χ3v) is 4.39. The smallest absolute Gasteiger partial charge is 0.173 e. The first kappa shape index (κ1) is 11.7. The average Bonchev–Trinajstić information content (AvgIpc) is 2.80. The molecule has 0 saturated carbocycles. The molecule has 16 heavy (non-hydrogen) atoms. The minimum Gasteiger partial charge on any atom is -0.293 e. The molecule has 82 valence electrons. The van der Waals surface area contributed by atoms with E-state index in [0.29, 0.717) is 16.3 Å². The lowest BCUT2D eigenvalue weighted by molar-refractivity contribution is 0.102. The molecule has 1 nitrogen and oxygen atoms in total. The Morgan fingerprint density at radius 1 is 1.25 bits per heavy atom.